The first-order valence-electron chi connectivity index (χ1n) is 7.67. The molecule has 5 nitrogen and oxygen atoms in total. The van der Waals surface area contributed by atoms with E-state index in [2.05, 4.69) is 0 Å². The third-order valence-corrected chi connectivity index (χ3v) is 4.33. The van der Waals surface area contributed by atoms with Gasteiger partial charge in [-0.05, 0) is 29.3 Å². The van der Waals surface area contributed by atoms with Gasteiger partial charge >= 0.3 is 0 Å². The van der Waals surface area contributed by atoms with Crippen molar-refractivity contribution in [2.75, 3.05) is 26.2 Å². The topological polar surface area (TPSA) is 55.8 Å². The fourth-order valence-corrected chi connectivity index (χ4v) is 3.09. The zero-order valence-corrected chi connectivity index (χ0v) is 13.9. The highest BCUT2D eigenvalue weighted by atomic mass is 16.5. The van der Waals surface area contributed by atoms with E-state index in [-0.39, 0.29) is 18.1 Å². The van der Waals surface area contributed by atoms with Gasteiger partial charge in [0.25, 0.3) is 0 Å². The van der Waals surface area contributed by atoms with Gasteiger partial charge in [0.15, 0.2) is 17.3 Å². The van der Waals surface area contributed by atoms with E-state index in [0.29, 0.717) is 11.5 Å². The number of benzene rings is 2. The van der Waals surface area contributed by atoms with Crippen LogP contribution >= 0.6 is 0 Å². The number of amides is 1. The van der Waals surface area contributed by atoms with Gasteiger partial charge in [-0.3, -0.25) is 9.59 Å². The van der Waals surface area contributed by atoms with Gasteiger partial charge in [0, 0.05) is 19.2 Å². The summed E-state index contributed by atoms with van der Waals surface area (Å²) in [4.78, 5) is 26.8. The number of Topliss-reactive ketones (excluding diaryl/α,β-unsaturated/α-hetero) is 1. The zero-order chi connectivity index (χ0) is 17.3. The van der Waals surface area contributed by atoms with E-state index in [1.807, 2.05) is 30.3 Å². The van der Waals surface area contributed by atoms with Crippen LogP contribution in [0.25, 0.3) is 0 Å². The van der Waals surface area contributed by atoms with Crippen molar-refractivity contribution in [1.82, 2.24) is 0 Å². The zero-order valence-electron chi connectivity index (χ0n) is 13.9. The number of carbonyl (C=O) groups is 2. The highest BCUT2D eigenvalue weighted by Crippen LogP contribution is 2.37. The van der Waals surface area contributed by atoms with Crippen molar-refractivity contribution in [2.24, 2.45) is 0 Å². The molecule has 24 heavy (non-hydrogen) atoms. The van der Waals surface area contributed by atoms with Gasteiger partial charge in [0.2, 0.25) is 5.91 Å². The number of ether oxygens (including phenoxy) is 2. The lowest BCUT2D eigenvalue weighted by Gasteiger charge is -2.12. The number of nitrogens with zero attached hydrogens (tertiary/aromatic N) is 1. The largest absolute Gasteiger partial charge is 0.493 e. The number of para-hydroxylation sites is 1. The van der Waals surface area contributed by atoms with Crippen molar-refractivity contribution < 1.29 is 19.1 Å². The highest BCUT2D eigenvalue weighted by Gasteiger charge is 2.39. The lowest BCUT2D eigenvalue weighted by molar-refractivity contribution is -0.127. The molecule has 3 rings (SSSR count). The van der Waals surface area contributed by atoms with Crippen molar-refractivity contribution in [2.45, 2.75) is 12.3 Å². The molecule has 0 radical (unpaired) electrons. The van der Waals surface area contributed by atoms with E-state index in [9.17, 15) is 9.59 Å². The minimum Gasteiger partial charge on any atom is -0.493 e. The number of likely N-dealkylation sites (N-methyl/N-ethyl adjacent to an activating group) is 1. The Labute approximate surface area is 140 Å². The number of methoxy groups -OCH3 is 2. The van der Waals surface area contributed by atoms with E-state index in [1.165, 1.54) is 0 Å². The van der Waals surface area contributed by atoms with E-state index in [1.54, 1.807) is 38.3 Å². The summed E-state index contributed by atoms with van der Waals surface area (Å²) in [6, 6.07) is 12.8. The van der Waals surface area contributed by atoms with Gasteiger partial charge in [0.1, 0.15) is 5.92 Å². The second-order valence-corrected chi connectivity index (χ2v) is 5.72. The van der Waals surface area contributed by atoms with Crippen LogP contribution in [0.1, 0.15) is 17.0 Å². The van der Waals surface area contributed by atoms with Crippen molar-refractivity contribution in [1.29, 1.82) is 0 Å². The maximum Gasteiger partial charge on any atom is 0.241 e. The predicted molar refractivity (Wildman–Crippen MR) is 90.9 cm³/mol. The van der Waals surface area contributed by atoms with E-state index < -0.39 is 5.92 Å². The number of hydrogen-bond acceptors (Lipinski definition) is 4. The molecule has 2 aromatic rings. The molecule has 0 unspecified atom stereocenters. The third-order valence-electron chi connectivity index (χ3n) is 4.33. The summed E-state index contributed by atoms with van der Waals surface area (Å²) in [5, 5.41) is 0. The van der Waals surface area contributed by atoms with E-state index in [0.717, 1.165) is 16.8 Å². The van der Waals surface area contributed by atoms with Gasteiger partial charge in [-0.15, -0.1) is 0 Å². The summed E-state index contributed by atoms with van der Waals surface area (Å²) >= 11 is 0. The molecule has 1 amide bonds. The van der Waals surface area contributed by atoms with Crippen LogP contribution in [-0.2, 0) is 16.0 Å². The standard InChI is InChI=1S/C19H19NO4/c1-20-14-7-5-4-6-13(14)18(19(20)22)15(21)10-12-8-9-16(23-2)17(11-12)24-3/h4-9,11,18H,10H2,1-3H3/t18-/m0/s1. The number of carbonyl (C=O) groups excluding carboxylic acids is 2. The molecule has 0 aliphatic carbocycles. The number of anilines is 1. The molecular weight excluding hydrogens is 306 g/mol. The van der Waals surface area contributed by atoms with Crippen LogP contribution in [0, 0.1) is 0 Å². The second kappa shape index (κ2) is 6.35. The molecule has 1 aliphatic rings. The molecule has 0 saturated heterocycles. The summed E-state index contributed by atoms with van der Waals surface area (Å²) in [6.07, 6.45) is 0.166. The molecule has 2 aromatic carbocycles. The van der Waals surface area contributed by atoms with E-state index in [4.69, 9.17) is 9.47 Å². The van der Waals surface area contributed by atoms with Gasteiger partial charge in [-0.1, -0.05) is 24.3 Å². The molecule has 0 spiro atoms. The molecule has 0 saturated carbocycles. The minimum atomic E-state index is -0.737. The van der Waals surface area contributed by atoms with Crippen molar-refractivity contribution in [3.63, 3.8) is 0 Å². The van der Waals surface area contributed by atoms with Gasteiger partial charge in [-0.2, -0.15) is 0 Å². The average Bonchev–Trinajstić information content (AvgIpc) is 2.86. The van der Waals surface area contributed by atoms with E-state index >= 15 is 0 Å². The minimum absolute atomic E-state index is 0.121. The average molecular weight is 325 g/mol. The molecule has 0 bridgehead atoms. The number of rotatable bonds is 5. The first-order valence-corrected chi connectivity index (χ1v) is 7.67. The maximum absolute atomic E-state index is 12.8. The van der Waals surface area contributed by atoms with Crippen molar-refractivity contribution in [3.05, 3.63) is 53.6 Å². The lowest BCUT2D eigenvalue weighted by Crippen LogP contribution is -2.28. The fraction of sp³-hybridized carbons (Fsp3) is 0.263. The summed E-state index contributed by atoms with van der Waals surface area (Å²) in [5.41, 5.74) is 2.36. The van der Waals surface area contributed by atoms with Crippen LogP contribution in [0.15, 0.2) is 42.5 Å². The molecule has 0 aromatic heterocycles. The molecule has 5 heteroatoms. The number of hydrogen-bond donors (Lipinski definition) is 0. The molecule has 1 heterocycles. The Kier molecular flexibility index (Phi) is 4.25. The molecular formula is C19H19NO4. The maximum atomic E-state index is 12.8. The smallest absolute Gasteiger partial charge is 0.241 e. The quantitative estimate of drug-likeness (QED) is 0.793. The summed E-state index contributed by atoms with van der Waals surface area (Å²) in [5.74, 6) is 0.138. The number of ketones is 1. The number of fused-ring (bicyclic) bond motifs is 1. The molecule has 1 aliphatic heterocycles. The van der Waals surface area contributed by atoms with Crippen LogP contribution in [-0.4, -0.2) is 33.0 Å². The Hall–Kier alpha value is -2.82. The molecule has 1 atom stereocenters. The van der Waals surface area contributed by atoms with Crippen molar-refractivity contribution >= 4 is 17.4 Å². The first-order chi connectivity index (χ1) is 11.6. The second-order valence-electron chi connectivity index (χ2n) is 5.72. The van der Waals surface area contributed by atoms with Gasteiger partial charge in [0.05, 0.1) is 14.2 Å². The molecule has 124 valence electrons. The SMILES string of the molecule is COc1ccc(CC(=O)[C@H]2C(=O)N(C)c3ccccc32)cc1OC. The van der Waals surface area contributed by atoms with Crippen LogP contribution in [0.3, 0.4) is 0 Å². The van der Waals surface area contributed by atoms with Crippen LogP contribution in [0.2, 0.25) is 0 Å². The Morgan fingerprint density at radius 3 is 2.50 bits per heavy atom. The molecule has 0 N–H and O–H groups in total. The van der Waals surface area contributed by atoms with Crippen molar-refractivity contribution in [3.8, 4) is 11.5 Å². The monoisotopic (exact) mass is 325 g/mol. The summed E-state index contributed by atoms with van der Waals surface area (Å²) in [7, 11) is 4.81. The fourth-order valence-electron chi connectivity index (χ4n) is 3.09. The van der Waals surface area contributed by atoms with Crippen LogP contribution < -0.4 is 14.4 Å². The third kappa shape index (κ3) is 2.62. The summed E-state index contributed by atoms with van der Waals surface area (Å²) < 4.78 is 10.5. The Morgan fingerprint density at radius 2 is 1.79 bits per heavy atom. The molecule has 0 fully saturated rings. The first kappa shape index (κ1) is 16.1. The van der Waals surface area contributed by atoms with Crippen LogP contribution in [0.5, 0.6) is 11.5 Å². The van der Waals surface area contributed by atoms with Gasteiger partial charge < -0.3 is 14.4 Å². The van der Waals surface area contributed by atoms with Gasteiger partial charge in [-0.25, -0.2) is 0 Å². The lowest BCUT2D eigenvalue weighted by atomic mass is 9.92. The Balaban J connectivity index is 1.87. The highest BCUT2D eigenvalue weighted by molar-refractivity contribution is 6.18. The Morgan fingerprint density at radius 1 is 1.08 bits per heavy atom. The Bertz CT molecular complexity index is 800. The summed E-state index contributed by atoms with van der Waals surface area (Å²) in [6.45, 7) is 0. The predicted octanol–water partition coefficient (Wildman–Crippen LogP) is 2.58. The normalized spacial score (nSPS) is 16.0. The van der Waals surface area contributed by atoms with Crippen LogP contribution in [0.4, 0.5) is 5.69 Å².